The van der Waals surface area contributed by atoms with Crippen molar-refractivity contribution in [1.29, 1.82) is 0 Å². The first-order valence-electron chi connectivity index (χ1n) is 12.9. The van der Waals surface area contributed by atoms with E-state index in [9.17, 15) is 9.59 Å². The number of rotatable bonds is 7. The Hall–Kier alpha value is -3.84. The summed E-state index contributed by atoms with van der Waals surface area (Å²) < 4.78 is 11.4. The first-order valence-corrected chi connectivity index (χ1v) is 12.9. The summed E-state index contributed by atoms with van der Waals surface area (Å²) in [6.07, 6.45) is 1.15. The van der Waals surface area contributed by atoms with Crippen molar-refractivity contribution in [3.63, 3.8) is 0 Å². The number of aryl methyl sites for hydroxylation is 1. The molecule has 0 radical (unpaired) electrons. The molecule has 2 amide bonds. The SMILES string of the molecule is Cc1cccc(CCN2CC3CCC2N(C(=O)OCc2ccccc2)N3C(=O)OCc2ccccc2)c1. The number of carbonyl (C=O) groups is 2. The van der Waals surface area contributed by atoms with Gasteiger partial charge in [-0.2, -0.15) is 5.01 Å². The Morgan fingerprint density at radius 1 is 0.757 bits per heavy atom. The van der Waals surface area contributed by atoms with E-state index in [1.165, 1.54) is 21.1 Å². The number of hydrazine groups is 1. The summed E-state index contributed by atoms with van der Waals surface area (Å²) in [4.78, 5) is 29.0. The molecule has 3 saturated heterocycles. The molecule has 37 heavy (non-hydrogen) atoms. The normalized spacial score (nSPS) is 19.1. The number of fused-ring (bicyclic) bond motifs is 3. The van der Waals surface area contributed by atoms with Gasteiger partial charge in [0, 0.05) is 13.1 Å². The molecular formula is C30H33N3O4. The number of benzene rings is 3. The third-order valence-electron chi connectivity index (χ3n) is 7.04. The number of amides is 2. The molecule has 7 heteroatoms. The van der Waals surface area contributed by atoms with Crippen molar-refractivity contribution in [2.75, 3.05) is 13.1 Å². The Morgan fingerprint density at radius 2 is 1.35 bits per heavy atom. The highest BCUT2D eigenvalue weighted by atomic mass is 16.6. The van der Waals surface area contributed by atoms with Crippen LogP contribution in [0.15, 0.2) is 84.9 Å². The smallest absolute Gasteiger partial charge is 0.430 e. The Morgan fingerprint density at radius 3 is 1.97 bits per heavy atom. The quantitative estimate of drug-likeness (QED) is 0.428. The molecule has 0 N–H and O–H groups in total. The number of ether oxygens (including phenoxy) is 2. The molecule has 0 saturated carbocycles. The van der Waals surface area contributed by atoms with Crippen LogP contribution in [-0.4, -0.2) is 52.4 Å². The summed E-state index contributed by atoms with van der Waals surface area (Å²) in [6, 6.07) is 27.5. The van der Waals surface area contributed by atoms with Gasteiger partial charge in [0.1, 0.15) is 19.4 Å². The van der Waals surface area contributed by atoms with Gasteiger partial charge in [0.2, 0.25) is 0 Å². The number of hydrogen-bond acceptors (Lipinski definition) is 5. The molecule has 3 aliphatic rings. The van der Waals surface area contributed by atoms with Gasteiger partial charge in [0.15, 0.2) is 0 Å². The van der Waals surface area contributed by atoms with E-state index in [1.54, 1.807) is 0 Å². The van der Waals surface area contributed by atoms with E-state index in [0.29, 0.717) is 6.54 Å². The number of carbonyl (C=O) groups excluding carboxylic acids is 2. The van der Waals surface area contributed by atoms with Gasteiger partial charge in [0.25, 0.3) is 0 Å². The molecule has 2 unspecified atom stereocenters. The van der Waals surface area contributed by atoms with Crippen molar-refractivity contribution in [3.05, 3.63) is 107 Å². The number of piperidine rings is 1. The fourth-order valence-corrected chi connectivity index (χ4v) is 5.20. The molecule has 6 rings (SSSR count). The van der Waals surface area contributed by atoms with Gasteiger partial charge in [-0.3, -0.25) is 4.90 Å². The lowest BCUT2D eigenvalue weighted by Crippen LogP contribution is -2.73. The fraction of sp³-hybridized carbons (Fsp3) is 0.333. The van der Waals surface area contributed by atoms with E-state index in [0.717, 1.165) is 36.9 Å². The van der Waals surface area contributed by atoms with Gasteiger partial charge >= 0.3 is 12.2 Å². The third-order valence-corrected chi connectivity index (χ3v) is 7.04. The lowest BCUT2D eigenvalue weighted by Gasteiger charge is -2.56. The van der Waals surface area contributed by atoms with E-state index in [4.69, 9.17) is 9.47 Å². The summed E-state index contributed by atoms with van der Waals surface area (Å²) in [7, 11) is 0. The van der Waals surface area contributed by atoms with Crippen molar-refractivity contribution in [3.8, 4) is 0 Å². The predicted molar refractivity (Wildman–Crippen MR) is 140 cm³/mol. The molecule has 7 nitrogen and oxygen atoms in total. The molecule has 3 heterocycles. The highest BCUT2D eigenvalue weighted by molar-refractivity contribution is 5.75. The monoisotopic (exact) mass is 499 g/mol. The highest BCUT2D eigenvalue weighted by Gasteiger charge is 2.50. The third kappa shape index (κ3) is 5.94. The van der Waals surface area contributed by atoms with Crippen LogP contribution >= 0.6 is 0 Å². The van der Waals surface area contributed by atoms with Gasteiger partial charge in [0.05, 0.1) is 6.04 Å². The Labute approximate surface area is 218 Å². The Balaban J connectivity index is 1.31. The highest BCUT2D eigenvalue weighted by Crippen LogP contribution is 2.34. The summed E-state index contributed by atoms with van der Waals surface area (Å²) in [5, 5.41) is 2.98. The summed E-state index contributed by atoms with van der Waals surface area (Å²) in [6.45, 7) is 3.87. The second-order valence-electron chi connectivity index (χ2n) is 9.72. The molecule has 0 aliphatic carbocycles. The van der Waals surface area contributed by atoms with Crippen LogP contribution in [0, 0.1) is 6.92 Å². The van der Waals surface area contributed by atoms with Gasteiger partial charge in [-0.15, -0.1) is 0 Å². The average molecular weight is 500 g/mol. The van der Waals surface area contributed by atoms with Crippen molar-refractivity contribution in [2.45, 2.75) is 51.6 Å². The van der Waals surface area contributed by atoms with Crippen LogP contribution in [0.4, 0.5) is 9.59 Å². The van der Waals surface area contributed by atoms with Gasteiger partial charge in [-0.1, -0.05) is 90.5 Å². The van der Waals surface area contributed by atoms with Crippen LogP contribution in [0.2, 0.25) is 0 Å². The van der Waals surface area contributed by atoms with Crippen molar-refractivity contribution in [2.24, 2.45) is 0 Å². The lowest BCUT2D eigenvalue weighted by atomic mass is 9.97. The van der Waals surface area contributed by atoms with Crippen molar-refractivity contribution >= 4 is 12.2 Å². The largest absolute Gasteiger partial charge is 0.443 e. The zero-order valence-corrected chi connectivity index (χ0v) is 21.2. The summed E-state index contributed by atoms with van der Waals surface area (Å²) in [5.74, 6) is 0. The number of hydrogen-bond donors (Lipinski definition) is 0. The van der Waals surface area contributed by atoms with Crippen LogP contribution in [-0.2, 0) is 29.1 Å². The van der Waals surface area contributed by atoms with Gasteiger partial charge in [-0.25, -0.2) is 14.6 Å². The van der Waals surface area contributed by atoms with E-state index in [-0.39, 0.29) is 25.4 Å². The zero-order chi connectivity index (χ0) is 25.6. The molecular weight excluding hydrogens is 466 g/mol. The minimum atomic E-state index is -0.532. The Kier molecular flexibility index (Phi) is 7.70. The first kappa shape index (κ1) is 24.8. The van der Waals surface area contributed by atoms with E-state index in [1.807, 2.05) is 60.7 Å². The van der Waals surface area contributed by atoms with Crippen LogP contribution < -0.4 is 0 Å². The fourth-order valence-electron chi connectivity index (χ4n) is 5.20. The standard InChI is InChI=1S/C30H33N3O4/c1-23-9-8-14-24(19-23)17-18-31-20-27-15-16-28(31)33(30(35)37-22-26-12-6-3-7-13-26)32(27)29(34)36-21-25-10-4-2-5-11-25/h2-14,19,27-28H,15-18,20-22H2,1H3. The van der Waals surface area contributed by atoms with E-state index in [2.05, 4.69) is 36.1 Å². The van der Waals surface area contributed by atoms with E-state index < -0.39 is 12.2 Å². The van der Waals surface area contributed by atoms with Crippen LogP contribution in [0.25, 0.3) is 0 Å². The molecule has 2 bridgehead atoms. The summed E-state index contributed by atoms with van der Waals surface area (Å²) >= 11 is 0. The summed E-state index contributed by atoms with van der Waals surface area (Å²) in [5.41, 5.74) is 4.29. The molecule has 2 atom stereocenters. The topological polar surface area (TPSA) is 62.3 Å². The zero-order valence-electron chi connectivity index (χ0n) is 21.2. The lowest BCUT2D eigenvalue weighted by molar-refractivity contribution is -0.179. The Bertz CT molecular complexity index is 1200. The maximum Gasteiger partial charge on any atom is 0.430 e. The second kappa shape index (κ2) is 11.5. The molecule has 0 aromatic heterocycles. The molecule has 3 aromatic carbocycles. The van der Waals surface area contributed by atoms with Crippen LogP contribution in [0.5, 0.6) is 0 Å². The van der Waals surface area contributed by atoms with Crippen molar-refractivity contribution < 1.29 is 19.1 Å². The van der Waals surface area contributed by atoms with Crippen molar-refractivity contribution in [1.82, 2.24) is 14.9 Å². The van der Waals surface area contributed by atoms with Gasteiger partial charge < -0.3 is 9.47 Å². The van der Waals surface area contributed by atoms with Crippen LogP contribution in [0.3, 0.4) is 0 Å². The second-order valence-corrected chi connectivity index (χ2v) is 9.72. The molecule has 3 fully saturated rings. The minimum Gasteiger partial charge on any atom is -0.443 e. The molecule has 192 valence electrons. The predicted octanol–water partition coefficient (Wildman–Crippen LogP) is 5.53. The molecule has 0 spiro atoms. The van der Waals surface area contributed by atoms with Gasteiger partial charge in [-0.05, 0) is 42.9 Å². The number of nitrogens with zero attached hydrogens (tertiary/aromatic N) is 3. The van der Waals surface area contributed by atoms with E-state index >= 15 is 0 Å². The first-order chi connectivity index (χ1) is 18.1. The molecule has 3 aromatic rings. The maximum atomic E-state index is 13.4. The molecule has 3 aliphatic heterocycles. The average Bonchev–Trinajstić information content (AvgIpc) is 2.94. The minimum absolute atomic E-state index is 0.143. The van der Waals surface area contributed by atoms with Crippen LogP contribution in [0.1, 0.15) is 35.1 Å². The maximum absolute atomic E-state index is 13.4.